The molecule has 0 aromatic heterocycles. The second-order valence-corrected chi connectivity index (χ2v) is 6.92. The molecule has 0 spiro atoms. The van der Waals surface area contributed by atoms with Crippen molar-refractivity contribution in [1.29, 1.82) is 0 Å². The van der Waals surface area contributed by atoms with Crippen LogP contribution >= 0.6 is 15.9 Å². The number of carbonyl (C=O) groups excluding carboxylic acids is 2. The SMILES string of the molecule is O=C(COc1ccc(NC(=O)c2cccc([N+](=O)[O-])c2)cc1)c1ccc(Br)cc1. The van der Waals surface area contributed by atoms with E-state index in [4.69, 9.17) is 4.74 Å². The molecule has 0 unspecified atom stereocenters. The van der Waals surface area contributed by atoms with Gasteiger partial charge in [-0.1, -0.05) is 34.1 Å². The minimum Gasteiger partial charge on any atom is -0.485 e. The molecule has 0 atom stereocenters. The van der Waals surface area contributed by atoms with Crippen LogP contribution in [0.1, 0.15) is 20.7 Å². The number of halogens is 1. The van der Waals surface area contributed by atoms with Crippen LogP contribution in [0.3, 0.4) is 0 Å². The van der Waals surface area contributed by atoms with Gasteiger partial charge in [-0.3, -0.25) is 19.7 Å². The van der Waals surface area contributed by atoms with E-state index in [9.17, 15) is 19.7 Å². The molecular weight excluding hydrogens is 440 g/mol. The summed E-state index contributed by atoms with van der Waals surface area (Å²) in [5, 5.41) is 13.5. The van der Waals surface area contributed by atoms with Gasteiger partial charge in [0, 0.05) is 33.4 Å². The van der Waals surface area contributed by atoms with Gasteiger partial charge in [-0.15, -0.1) is 0 Å². The summed E-state index contributed by atoms with van der Waals surface area (Å²) in [6, 6.07) is 18.9. The Morgan fingerprint density at radius 1 is 0.966 bits per heavy atom. The van der Waals surface area contributed by atoms with Crippen molar-refractivity contribution in [3.05, 3.63) is 98.5 Å². The van der Waals surface area contributed by atoms with Gasteiger partial charge >= 0.3 is 0 Å². The molecule has 146 valence electrons. The van der Waals surface area contributed by atoms with Gasteiger partial charge in [0.1, 0.15) is 5.75 Å². The maximum Gasteiger partial charge on any atom is 0.270 e. The predicted octanol–water partition coefficient (Wildman–Crippen LogP) is 4.87. The second kappa shape index (κ2) is 9.11. The van der Waals surface area contributed by atoms with Gasteiger partial charge in [0.15, 0.2) is 12.4 Å². The zero-order valence-electron chi connectivity index (χ0n) is 15.0. The van der Waals surface area contributed by atoms with E-state index in [1.54, 1.807) is 48.5 Å². The Morgan fingerprint density at radius 2 is 1.66 bits per heavy atom. The number of nitrogens with zero attached hydrogens (tertiary/aromatic N) is 1. The Kier molecular flexibility index (Phi) is 6.36. The van der Waals surface area contributed by atoms with Crippen molar-refractivity contribution in [3.63, 3.8) is 0 Å². The number of carbonyl (C=O) groups is 2. The van der Waals surface area contributed by atoms with E-state index in [1.807, 2.05) is 0 Å². The van der Waals surface area contributed by atoms with E-state index >= 15 is 0 Å². The highest BCUT2D eigenvalue weighted by atomic mass is 79.9. The molecule has 7 nitrogen and oxygen atoms in total. The number of amides is 1. The van der Waals surface area contributed by atoms with Crippen LogP contribution in [0.2, 0.25) is 0 Å². The van der Waals surface area contributed by atoms with Gasteiger partial charge in [-0.25, -0.2) is 0 Å². The van der Waals surface area contributed by atoms with Crippen LogP contribution in [-0.2, 0) is 0 Å². The quantitative estimate of drug-likeness (QED) is 0.311. The van der Waals surface area contributed by atoms with Crippen LogP contribution in [0, 0.1) is 10.1 Å². The molecule has 0 aliphatic heterocycles. The lowest BCUT2D eigenvalue weighted by Crippen LogP contribution is -2.13. The van der Waals surface area contributed by atoms with Crippen LogP contribution in [-0.4, -0.2) is 23.2 Å². The number of anilines is 1. The summed E-state index contributed by atoms with van der Waals surface area (Å²) in [5.74, 6) is -0.142. The lowest BCUT2D eigenvalue weighted by atomic mass is 10.1. The molecule has 0 fully saturated rings. The van der Waals surface area contributed by atoms with E-state index in [0.29, 0.717) is 17.0 Å². The van der Waals surface area contributed by atoms with E-state index in [0.717, 1.165) is 4.47 Å². The van der Waals surface area contributed by atoms with Crippen LogP contribution in [0.4, 0.5) is 11.4 Å². The fourth-order valence-electron chi connectivity index (χ4n) is 2.47. The smallest absolute Gasteiger partial charge is 0.270 e. The molecule has 8 heteroatoms. The molecule has 0 bridgehead atoms. The first-order valence-corrected chi connectivity index (χ1v) is 9.29. The Labute approximate surface area is 174 Å². The summed E-state index contributed by atoms with van der Waals surface area (Å²) < 4.78 is 6.38. The Morgan fingerprint density at radius 3 is 2.31 bits per heavy atom. The van der Waals surface area contributed by atoms with Gasteiger partial charge < -0.3 is 10.1 Å². The zero-order valence-corrected chi connectivity index (χ0v) is 16.6. The number of rotatable bonds is 7. The highest BCUT2D eigenvalue weighted by molar-refractivity contribution is 9.10. The van der Waals surface area contributed by atoms with E-state index < -0.39 is 10.8 Å². The van der Waals surface area contributed by atoms with Crippen molar-refractivity contribution in [3.8, 4) is 5.75 Å². The minimum absolute atomic E-state index is 0.110. The van der Waals surface area contributed by atoms with Crippen molar-refractivity contribution in [2.75, 3.05) is 11.9 Å². The number of hydrogen-bond donors (Lipinski definition) is 1. The van der Waals surface area contributed by atoms with Crippen molar-refractivity contribution in [2.45, 2.75) is 0 Å². The van der Waals surface area contributed by atoms with Crippen molar-refractivity contribution >= 4 is 39.0 Å². The standard InChI is InChI=1S/C21H15BrN2O5/c22-16-6-4-14(5-7-16)20(25)13-29-19-10-8-17(9-11-19)23-21(26)15-2-1-3-18(12-15)24(27)28/h1-12H,13H2,(H,23,26). The van der Waals surface area contributed by atoms with Crippen LogP contribution in [0.5, 0.6) is 5.75 Å². The monoisotopic (exact) mass is 454 g/mol. The number of benzene rings is 3. The van der Waals surface area contributed by atoms with Gasteiger partial charge in [0.25, 0.3) is 11.6 Å². The first kappa shape index (κ1) is 20.2. The maximum atomic E-state index is 12.3. The third kappa shape index (κ3) is 5.49. The van der Waals surface area contributed by atoms with Crippen molar-refractivity contribution < 1.29 is 19.2 Å². The summed E-state index contributed by atoms with van der Waals surface area (Å²) in [5.41, 5.74) is 1.07. The summed E-state index contributed by atoms with van der Waals surface area (Å²) >= 11 is 3.32. The summed E-state index contributed by atoms with van der Waals surface area (Å²) in [6.07, 6.45) is 0. The average molecular weight is 455 g/mol. The average Bonchev–Trinajstić information content (AvgIpc) is 2.73. The number of nitrogens with one attached hydrogen (secondary N) is 1. The number of nitro groups is 1. The first-order chi connectivity index (χ1) is 13.9. The molecule has 3 aromatic rings. The molecule has 0 aliphatic rings. The zero-order chi connectivity index (χ0) is 20.8. The molecule has 0 radical (unpaired) electrons. The van der Waals surface area contributed by atoms with Gasteiger partial charge in [0.05, 0.1) is 4.92 Å². The number of ether oxygens (including phenoxy) is 1. The van der Waals surface area contributed by atoms with Crippen LogP contribution < -0.4 is 10.1 Å². The fraction of sp³-hybridized carbons (Fsp3) is 0.0476. The Bertz CT molecular complexity index is 1050. The predicted molar refractivity (Wildman–Crippen MR) is 111 cm³/mol. The number of non-ortho nitro benzene ring substituents is 1. The number of Topliss-reactive ketones (excluding diaryl/α,β-unsaturated/α-hetero) is 1. The first-order valence-electron chi connectivity index (χ1n) is 8.50. The van der Waals surface area contributed by atoms with Gasteiger partial charge in [-0.05, 0) is 42.5 Å². The topological polar surface area (TPSA) is 98.5 Å². The molecule has 0 aliphatic carbocycles. The number of ketones is 1. The lowest BCUT2D eigenvalue weighted by molar-refractivity contribution is -0.384. The molecule has 29 heavy (non-hydrogen) atoms. The molecule has 0 heterocycles. The fourth-order valence-corrected chi connectivity index (χ4v) is 2.73. The molecule has 1 N–H and O–H groups in total. The lowest BCUT2D eigenvalue weighted by Gasteiger charge is -2.08. The van der Waals surface area contributed by atoms with Crippen molar-refractivity contribution in [2.24, 2.45) is 0 Å². The molecule has 1 amide bonds. The third-order valence-corrected chi connectivity index (χ3v) is 4.50. The van der Waals surface area contributed by atoms with Crippen LogP contribution in [0.25, 0.3) is 0 Å². The second-order valence-electron chi connectivity index (χ2n) is 6.00. The molecule has 3 aromatic carbocycles. The normalized spacial score (nSPS) is 10.2. The minimum atomic E-state index is -0.557. The molecule has 3 rings (SSSR count). The Hall–Kier alpha value is -3.52. The van der Waals surface area contributed by atoms with E-state index in [2.05, 4.69) is 21.2 Å². The van der Waals surface area contributed by atoms with E-state index in [1.165, 1.54) is 24.3 Å². The molecular formula is C21H15BrN2O5. The highest BCUT2D eigenvalue weighted by Crippen LogP contribution is 2.19. The largest absolute Gasteiger partial charge is 0.485 e. The third-order valence-electron chi connectivity index (χ3n) is 3.97. The Balaban J connectivity index is 1.58. The van der Waals surface area contributed by atoms with E-state index in [-0.39, 0.29) is 23.6 Å². The maximum absolute atomic E-state index is 12.3. The highest BCUT2D eigenvalue weighted by Gasteiger charge is 2.12. The number of hydrogen-bond acceptors (Lipinski definition) is 5. The summed E-state index contributed by atoms with van der Waals surface area (Å²) in [4.78, 5) is 34.6. The van der Waals surface area contributed by atoms with Crippen molar-refractivity contribution in [1.82, 2.24) is 0 Å². The van der Waals surface area contributed by atoms with Gasteiger partial charge in [0.2, 0.25) is 0 Å². The number of nitro benzene ring substituents is 1. The summed E-state index contributed by atoms with van der Waals surface area (Å²) in [6.45, 7) is -0.110. The van der Waals surface area contributed by atoms with Crippen LogP contribution in [0.15, 0.2) is 77.3 Å². The summed E-state index contributed by atoms with van der Waals surface area (Å²) in [7, 11) is 0. The molecule has 0 saturated carbocycles. The molecule has 0 saturated heterocycles. The van der Waals surface area contributed by atoms with Gasteiger partial charge in [-0.2, -0.15) is 0 Å².